The average molecular weight is 359 g/mol. The molecule has 0 aliphatic carbocycles. The number of nitrogens with zero attached hydrogens (tertiary/aromatic N) is 1. The Hall–Kier alpha value is -2.57. The van der Waals surface area contributed by atoms with Crippen molar-refractivity contribution in [1.82, 2.24) is 9.97 Å². The smallest absolute Gasteiger partial charge is 0.338 e. The van der Waals surface area contributed by atoms with E-state index in [9.17, 15) is 9.90 Å². The molecule has 7 heteroatoms. The summed E-state index contributed by atoms with van der Waals surface area (Å²) in [5.74, 6) is -0.319. The van der Waals surface area contributed by atoms with Crippen LogP contribution in [0.25, 0.3) is 32.4 Å². The summed E-state index contributed by atoms with van der Waals surface area (Å²) < 4.78 is 6.58. The number of aromatic amines is 1. The number of rotatable bonds is 3. The molecule has 0 radical (unpaired) electrons. The molecule has 0 aliphatic rings. The molecule has 0 saturated heterocycles. The second-order valence-corrected chi connectivity index (χ2v) is 6.85. The number of aromatic nitrogens is 2. The average Bonchev–Trinajstić information content (AvgIpc) is 3.12. The number of carboxylic acids is 1. The molecule has 0 atom stereocenters. The summed E-state index contributed by atoms with van der Waals surface area (Å²) in [6, 6.07) is 10.9. The number of nitrogens with one attached hydrogen (secondary N) is 1. The van der Waals surface area contributed by atoms with Crippen LogP contribution in [0.5, 0.6) is 5.75 Å². The van der Waals surface area contributed by atoms with E-state index in [2.05, 4.69) is 9.97 Å². The second kappa shape index (κ2) is 5.51. The molecule has 0 fully saturated rings. The minimum Gasteiger partial charge on any atom is -0.497 e. The highest BCUT2D eigenvalue weighted by molar-refractivity contribution is 7.22. The van der Waals surface area contributed by atoms with Crippen molar-refractivity contribution in [2.24, 2.45) is 0 Å². The molecular weight excluding hydrogens is 348 g/mol. The summed E-state index contributed by atoms with van der Waals surface area (Å²) in [6.07, 6.45) is 0. The van der Waals surface area contributed by atoms with Crippen LogP contribution >= 0.6 is 22.9 Å². The molecule has 2 N–H and O–H groups in total. The van der Waals surface area contributed by atoms with Gasteiger partial charge in [0.2, 0.25) is 0 Å². The Morgan fingerprint density at radius 3 is 2.88 bits per heavy atom. The maximum atomic E-state index is 11.8. The van der Waals surface area contributed by atoms with Gasteiger partial charge in [0.05, 0.1) is 34.1 Å². The third-order valence-corrected chi connectivity index (χ3v) is 4.99. The maximum absolute atomic E-state index is 11.8. The van der Waals surface area contributed by atoms with Crippen LogP contribution in [0.4, 0.5) is 0 Å². The van der Waals surface area contributed by atoms with Gasteiger partial charge in [0, 0.05) is 17.0 Å². The Bertz CT molecular complexity index is 1100. The zero-order valence-electron chi connectivity index (χ0n) is 12.5. The lowest BCUT2D eigenvalue weighted by molar-refractivity contribution is 0.0700. The number of ether oxygens (including phenoxy) is 1. The summed E-state index contributed by atoms with van der Waals surface area (Å²) >= 11 is 7.31. The highest BCUT2D eigenvalue weighted by atomic mass is 35.5. The lowest BCUT2D eigenvalue weighted by Gasteiger charge is -2.01. The lowest BCUT2D eigenvalue weighted by Crippen LogP contribution is -1.97. The Balaban J connectivity index is 1.99. The molecule has 0 amide bonds. The fraction of sp³-hybridized carbons (Fsp3) is 0.0588. The Labute approximate surface area is 145 Å². The normalized spacial score (nSPS) is 11.2. The van der Waals surface area contributed by atoms with Gasteiger partial charge in [-0.2, -0.15) is 0 Å². The van der Waals surface area contributed by atoms with E-state index in [1.54, 1.807) is 25.3 Å². The molecule has 0 saturated carbocycles. The Morgan fingerprint density at radius 2 is 2.12 bits per heavy atom. The van der Waals surface area contributed by atoms with Crippen LogP contribution in [0.15, 0.2) is 36.4 Å². The number of aromatic carboxylic acids is 1. The quantitative estimate of drug-likeness (QED) is 0.551. The molecule has 2 aromatic carbocycles. The molecule has 0 aliphatic heterocycles. The van der Waals surface area contributed by atoms with Crippen LogP contribution in [0.2, 0.25) is 4.47 Å². The van der Waals surface area contributed by atoms with Gasteiger partial charge in [-0.1, -0.05) is 17.7 Å². The van der Waals surface area contributed by atoms with Gasteiger partial charge in [0.15, 0.2) is 4.47 Å². The van der Waals surface area contributed by atoms with E-state index in [1.165, 1.54) is 11.3 Å². The molecule has 5 nitrogen and oxygen atoms in total. The first-order chi connectivity index (χ1) is 11.6. The first-order valence-electron chi connectivity index (χ1n) is 7.06. The third-order valence-electron chi connectivity index (χ3n) is 3.87. The van der Waals surface area contributed by atoms with Crippen molar-refractivity contribution in [1.29, 1.82) is 0 Å². The van der Waals surface area contributed by atoms with Crippen LogP contribution in [-0.4, -0.2) is 28.2 Å². The zero-order valence-corrected chi connectivity index (χ0v) is 14.0. The maximum Gasteiger partial charge on any atom is 0.338 e. The molecule has 0 unspecified atom stereocenters. The van der Waals surface area contributed by atoms with E-state index in [0.29, 0.717) is 26.8 Å². The fourth-order valence-electron chi connectivity index (χ4n) is 2.79. The van der Waals surface area contributed by atoms with Gasteiger partial charge in [-0.25, -0.2) is 9.78 Å². The van der Waals surface area contributed by atoms with Crippen LogP contribution in [0.3, 0.4) is 0 Å². The highest BCUT2D eigenvalue weighted by Crippen LogP contribution is 2.35. The van der Waals surface area contributed by atoms with E-state index < -0.39 is 5.97 Å². The molecule has 120 valence electrons. The molecular formula is C17H11ClN2O3S. The number of methoxy groups -OCH3 is 1. The standard InChI is InChI=1S/C17H11ClN2O3S/c1-23-9-3-4-10-12(7-9)19-15(14(10)16(21)22)8-2-5-11-13(6-8)24-17(18)20-11/h2-7,19H,1H3,(H,21,22). The fourth-order valence-corrected chi connectivity index (χ4v) is 3.86. The number of halogens is 1. The molecule has 0 spiro atoms. The zero-order chi connectivity index (χ0) is 16.8. The summed E-state index contributed by atoms with van der Waals surface area (Å²) in [5, 5.41) is 10.3. The monoisotopic (exact) mass is 358 g/mol. The van der Waals surface area contributed by atoms with Crippen molar-refractivity contribution in [3.8, 4) is 17.0 Å². The predicted octanol–water partition coefficient (Wildman–Crippen LogP) is 4.80. The van der Waals surface area contributed by atoms with Crippen LogP contribution in [0.1, 0.15) is 10.4 Å². The van der Waals surface area contributed by atoms with Crippen LogP contribution in [0, 0.1) is 0 Å². The number of hydrogen-bond donors (Lipinski definition) is 2. The Morgan fingerprint density at radius 1 is 1.29 bits per heavy atom. The van der Waals surface area contributed by atoms with E-state index in [-0.39, 0.29) is 5.56 Å². The van der Waals surface area contributed by atoms with Gasteiger partial charge in [-0.3, -0.25) is 0 Å². The number of hydrogen-bond acceptors (Lipinski definition) is 4. The number of H-pyrrole nitrogens is 1. The number of thiazole rings is 1. The predicted molar refractivity (Wildman–Crippen MR) is 95.4 cm³/mol. The summed E-state index contributed by atoms with van der Waals surface area (Å²) in [5.41, 5.74) is 3.07. The Kier molecular flexibility index (Phi) is 3.44. The molecule has 4 aromatic rings. The van der Waals surface area contributed by atoms with Crippen molar-refractivity contribution < 1.29 is 14.6 Å². The van der Waals surface area contributed by atoms with E-state index in [0.717, 1.165) is 15.8 Å². The number of carboxylic acid groups (broad SMARTS) is 1. The van der Waals surface area contributed by atoms with Crippen LogP contribution < -0.4 is 4.74 Å². The largest absolute Gasteiger partial charge is 0.497 e. The first kappa shape index (κ1) is 15.0. The second-order valence-electron chi connectivity index (χ2n) is 5.24. The van der Waals surface area contributed by atoms with Crippen molar-refractivity contribution >= 4 is 50.0 Å². The molecule has 2 aromatic heterocycles. The van der Waals surface area contributed by atoms with Gasteiger partial charge in [-0.15, -0.1) is 11.3 Å². The number of carbonyl (C=O) groups is 1. The van der Waals surface area contributed by atoms with Crippen LogP contribution in [-0.2, 0) is 0 Å². The van der Waals surface area contributed by atoms with Gasteiger partial charge in [0.1, 0.15) is 5.75 Å². The summed E-state index contributed by atoms with van der Waals surface area (Å²) in [4.78, 5) is 19.2. The van der Waals surface area contributed by atoms with E-state index >= 15 is 0 Å². The molecule has 24 heavy (non-hydrogen) atoms. The molecule has 2 heterocycles. The van der Waals surface area contributed by atoms with Gasteiger partial charge >= 0.3 is 5.97 Å². The SMILES string of the molecule is COc1ccc2c(C(=O)O)c(-c3ccc4nc(Cl)sc4c3)[nH]c2c1. The van der Waals surface area contributed by atoms with Gasteiger partial charge in [-0.05, 0) is 24.3 Å². The van der Waals surface area contributed by atoms with Crippen molar-refractivity contribution in [2.45, 2.75) is 0 Å². The first-order valence-corrected chi connectivity index (χ1v) is 8.26. The topological polar surface area (TPSA) is 75.2 Å². The molecule has 0 bridgehead atoms. The lowest BCUT2D eigenvalue weighted by atomic mass is 10.1. The van der Waals surface area contributed by atoms with Crippen molar-refractivity contribution in [3.63, 3.8) is 0 Å². The molecule has 4 rings (SSSR count). The summed E-state index contributed by atoms with van der Waals surface area (Å²) in [7, 11) is 1.57. The summed E-state index contributed by atoms with van der Waals surface area (Å²) in [6.45, 7) is 0. The van der Waals surface area contributed by atoms with Gasteiger partial charge in [0.25, 0.3) is 0 Å². The number of fused-ring (bicyclic) bond motifs is 2. The minimum absolute atomic E-state index is 0.239. The highest BCUT2D eigenvalue weighted by Gasteiger charge is 2.20. The minimum atomic E-state index is -0.983. The van der Waals surface area contributed by atoms with Crippen molar-refractivity contribution in [3.05, 3.63) is 46.4 Å². The number of benzene rings is 2. The third kappa shape index (κ3) is 2.31. The van der Waals surface area contributed by atoms with E-state index in [4.69, 9.17) is 16.3 Å². The van der Waals surface area contributed by atoms with Gasteiger partial charge < -0.3 is 14.8 Å². The van der Waals surface area contributed by atoms with E-state index in [1.807, 2.05) is 18.2 Å². The van der Waals surface area contributed by atoms with Crippen molar-refractivity contribution in [2.75, 3.05) is 7.11 Å².